The van der Waals surface area contributed by atoms with Crippen molar-refractivity contribution in [3.05, 3.63) is 33.5 Å². The van der Waals surface area contributed by atoms with E-state index < -0.39 is 0 Å². The van der Waals surface area contributed by atoms with Gasteiger partial charge in [0, 0.05) is 23.9 Å². The van der Waals surface area contributed by atoms with Crippen LogP contribution in [0.25, 0.3) is 11.5 Å². The normalized spacial score (nSPS) is 10.2. The smallest absolute Gasteiger partial charge is 0.180 e. The molecule has 0 saturated carbocycles. The average Bonchev–Trinajstić information content (AvgIpc) is 2.31. The molecule has 0 aliphatic carbocycles. The predicted molar refractivity (Wildman–Crippen MR) is 70.2 cm³/mol. The third kappa shape index (κ3) is 2.38. The van der Waals surface area contributed by atoms with Gasteiger partial charge in [0.1, 0.15) is 11.5 Å². The highest BCUT2D eigenvalue weighted by Crippen LogP contribution is 2.22. The molecule has 6 heteroatoms. The minimum atomic E-state index is 0.597. The van der Waals surface area contributed by atoms with Crippen LogP contribution in [0.1, 0.15) is 0 Å². The Balaban J connectivity index is 2.44. The number of hydrogen-bond donors (Lipinski definition) is 1. The molecule has 0 unspecified atom stereocenters. The second kappa shape index (κ2) is 4.88. The van der Waals surface area contributed by atoms with Gasteiger partial charge < -0.3 is 5.32 Å². The summed E-state index contributed by atoms with van der Waals surface area (Å²) in [6, 6.07) is 3.78. The van der Waals surface area contributed by atoms with E-state index in [2.05, 4.69) is 52.1 Å². The summed E-state index contributed by atoms with van der Waals surface area (Å²) in [7, 11) is 1.81. The van der Waals surface area contributed by atoms with E-state index >= 15 is 0 Å². The first-order valence-corrected chi connectivity index (χ1v) is 6.11. The molecule has 0 radical (unpaired) electrons. The SMILES string of the molecule is CNc1nc(-c2ccc(Br)cn2)ncc1Br. The van der Waals surface area contributed by atoms with E-state index in [1.807, 2.05) is 19.2 Å². The van der Waals surface area contributed by atoms with Gasteiger partial charge in [0.15, 0.2) is 5.82 Å². The molecule has 0 bridgehead atoms. The molecule has 0 aliphatic rings. The van der Waals surface area contributed by atoms with Crippen LogP contribution in [0.3, 0.4) is 0 Å². The quantitative estimate of drug-likeness (QED) is 0.910. The Morgan fingerprint density at radius 1 is 1.12 bits per heavy atom. The number of nitrogens with zero attached hydrogens (tertiary/aromatic N) is 3. The van der Waals surface area contributed by atoms with Crippen LogP contribution >= 0.6 is 31.9 Å². The van der Waals surface area contributed by atoms with Crippen LogP contribution in [0.4, 0.5) is 5.82 Å². The molecule has 2 aromatic rings. The molecule has 82 valence electrons. The molecule has 1 N–H and O–H groups in total. The maximum absolute atomic E-state index is 4.34. The van der Waals surface area contributed by atoms with Gasteiger partial charge in [-0.1, -0.05) is 0 Å². The van der Waals surface area contributed by atoms with Crippen molar-refractivity contribution in [3.8, 4) is 11.5 Å². The van der Waals surface area contributed by atoms with Gasteiger partial charge in [0.2, 0.25) is 0 Å². The number of hydrogen-bond acceptors (Lipinski definition) is 4. The Kier molecular flexibility index (Phi) is 3.50. The zero-order chi connectivity index (χ0) is 11.5. The zero-order valence-corrected chi connectivity index (χ0v) is 11.6. The lowest BCUT2D eigenvalue weighted by atomic mass is 10.3. The average molecular weight is 344 g/mol. The molecule has 0 aromatic carbocycles. The summed E-state index contributed by atoms with van der Waals surface area (Å²) in [6.45, 7) is 0. The molecule has 2 heterocycles. The van der Waals surface area contributed by atoms with Crippen molar-refractivity contribution < 1.29 is 0 Å². The molecule has 2 aromatic heterocycles. The molecule has 2 rings (SSSR count). The van der Waals surface area contributed by atoms with Crippen LogP contribution in [-0.4, -0.2) is 22.0 Å². The molecular formula is C10H8Br2N4. The predicted octanol–water partition coefficient (Wildman–Crippen LogP) is 3.11. The highest BCUT2D eigenvalue weighted by Gasteiger charge is 2.06. The van der Waals surface area contributed by atoms with Crippen molar-refractivity contribution in [2.75, 3.05) is 12.4 Å². The Morgan fingerprint density at radius 3 is 2.56 bits per heavy atom. The van der Waals surface area contributed by atoms with Crippen molar-refractivity contribution in [2.24, 2.45) is 0 Å². The summed E-state index contributed by atoms with van der Waals surface area (Å²) in [5, 5.41) is 2.98. The number of pyridine rings is 1. The summed E-state index contributed by atoms with van der Waals surface area (Å²) in [4.78, 5) is 12.8. The first-order chi connectivity index (χ1) is 7.70. The minimum Gasteiger partial charge on any atom is -0.372 e. The van der Waals surface area contributed by atoms with Gasteiger partial charge in [-0.25, -0.2) is 9.97 Å². The maximum Gasteiger partial charge on any atom is 0.180 e. The van der Waals surface area contributed by atoms with Crippen molar-refractivity contribution in [1.82, 2.24) is 15.0 Å². The van der Waals surface area contributed by atoms with E-state index in [0.29, 0.717) is 5.82 Å². The van der Waals surface area contributed by atoms with Gasteiger partial charge in [0.25, 0.3) is 0 Å². The Morgan fingerprint density at radius 2 is 1.94 bits per heavy atom. The van der Waals surface area contributed by atoms with Crippen molar-refractivity contribution in [2.45, 2.75) is 0 Å². The van der Waals surface area contributed by atoms with Crippen LogP contribution in [-0.2, 0) is 0 Å². The molecule has 0 saturated heterocycles. The van der Waals surface area contributed by atoms with Crippen molar-refractivity contribution in [1.29, 1.82) is 0 Å². The van der Waals surface area contributed by atoms with Crippen LogP contribution < -0.4 is 5.32 Å². The third-order valence-corrected chi connectivity index (χ3v) is 2.99. The standard InChI is InChI=1S/C10H8Br2N4/c1-13-9-7(12)5-15-10(16-9)8-3-2-6(11)4-14-8/h2-5H,1H3,(H,13,15,16). The van der Waals surface area contributed by atoms with E-state index in [1.54, 1.807) is 12.4 Å². The molecule has 0 atom stereocenters. The molecule has 0 amide bonds. The second-order valence-electron chi connectivity index (χ2n) is 3.00. The molecule has 4 nitrogen and oxygen atoms in total. The van der Waals surface area contributed by atoms with Gasteiger partial charge in [-0.05, 0) is 44.0 Å². The van der Waals surface area contributed by atoms with Gasteiger partial charge in [-0.2, -0.15) is 0 Å². The summed E-state index contributed by atoms with van der Waals surface area (Å²) in [6.07, 6.45) is 3.43. The fourth-order valence-electron chi connectivity index (χ4n) is 1.17. The number of halogens is 2. The third-order valence-electron chi connectivity index (χ3n) is 1.94. The highest BCUT2D eigenvalue weighted by molar-refractivity contribution is 9.10. The van der Waals surface area contributed by atoms with E-state index in [1.165, 1.54) is 0 Å². The van der Waals surface area contributed by atoms with E-state index in [-0.39, 0.29) is 0 Å². The summed E-state index contributed by atoms with van der Waals surface area (Å²) in [5.41, 5.74) is 0.743. The Bertz CT molecular complexity index is 499. The van der Waals surface area contributed by atoms with E-state index in [4.69, 9.17) is 0 Å². The Hall–Kier alpha value is -1.01. The fourth-order valence-corrected chi connectivity index (χ4v) is 1.80. The molecule has 0 fully saturated rings. The minimum absolute atomic E-state index is 0.597. The number of anilines is 1. The van der Waals surface area contributed by atoms with Crippen molar-refractivity contribution in [3.63, 3.8) is 0 Å². The van der Waals surface area contributed by atoms with Crippen LogP contribution in [0.2, 0.25) is 0 Å². The fraction of sp³-hybridized carbons (Fsp3) is 0.100. The highest BCUT2D eigenvalue weighted by atomic mass is 79.9. The number of rotatable bonds is 2. The lowest BCUT2D eigenvalue weighted by Gasteiger charge is -2.04. The largest absolute Gasteiger partial charge is 0.372 e. The van der Waals surface area contributed by atoms with Gasteiger partial charge in [-0.3, -0.25) is 4.98 Å². The topological polar surface area (TPSA) is 50.7 Å². The van der Waals surface area contributed by atoms with Crippen molar-refractivity contribution >= 4 is 37.7 Å². The molecule has 0 aliphatic heterocycles. The monoisotopic (exact) mass is 342 g/mol. The summed E-state index contributed by atoms with van der Waals surface area (Å²) in [5.74, 6) is 1.34. The van der Waals surface area contributed by atoms with E-state index in [9.17, 15) is 0 Å². The number of aromatic nitrogens is 3. The summed E-state index contributed by atoms with van der Waals surface area (Å²) < 4.78 is 1.76. The zero-order valence-electron chi connectivity index (χ0n) is 8.41. The van der Waals surface area contributed by atoms with Gasteiger partial charge in [0.05, 0.1) is 4.47 Å². The molecule has 0 spiro atoms. The second-order valence-corrected chi connectivity index (χ2v) is 4.77. The molecular weight excluding hydrogens is 336 g/mol. The first kappa shape index (κ1) is 11.5. The maximum atomic E-state index is 4.34. The Labute approximate surface area is 110 Å². The van der Waals surface area contributed by atoms with E-state index in [0.717, 1.165) is 20.5 Å². The lowest BCUT2D eigenvalue weighted by molar-refractivity contribution is 1.12. The lowest BCUT2D eigenvalue weighted by Crippen LogP contribution is -1.98. The van der Waals surface area contributed by atoms with Crippen LogP contribution in [0.15, 0.2) is 33.5 Å². The summed E-state index contributed by atoms with van der Waals surface area (Å²) >= 11 is 6.69. The van der Waals surface area contributed by atoms with Crippen LogP contribution in [0, 0.1) is 0 Å². The van der Waals surface area contributed by atoms with Gasteiger partial charge >= 0.3 is 0 Å². The first-order valence-electron chi connectivity index (χ1n) is 4.53. The number of nitrogens with one attached hydrogen (secondary N) is 1. The molecule has 16 heavy (non-hydrogen) atoms. The van der Waals surface area contributed by atoms with Gasteiger partial charge in [-0.15, -0.1) is 0 Å². The van der Waals surface area contributed by atoms with Crippen LogP contribution in [0.5, 0.6) is 0 Å².